The molecule has 0 unspecified atom stereocenters. The maximum absolute atomic E-state index is 9.08. The Kier molecular flexibility index (Phi) is 3.27. The van der Waals surface area contributed by atoms with E-state index >= 15 is 0 Å². The topological polar surface area (TPSA) is 59.6 Å². The predicted octanol–water partition coefficient (Wildman–Crippen LogP) is 3.48. The molecular formula is C15H11N3. The van der Waals surface area contributed by atoms with Gasteiger partial charge in [-0.25, -0.2) is 0 Å². The summed E-state index contributed by atoms with van der Waals surface area (Å²) in [6.45, 7) is 1.94. The van der Waals surface area contributed by atoms with Crippen LogP contribution in [0.2, 0.25) is 0 Å². The summed E-state index contributed by atoms with van der Waals surface area (Å²) in [6.07, 6.45) is 0. The summed E-state index contributed by atoms with van der Waals surface area (Å²) < 4.78 is 0. The molecule has 0 aromatic heterocycles. The van der Waals surface area contributed by atoms with Crippen molar-refractivity contribution < 1.29 is 0 Å². The van der Waals surface area contributed by atoms with Crippen LogP contribution in [0.4, 0.5) is 11.4 Å². The zero-order valence-corrected chi connectivity index (χ0v) is 9.94. The van der Waals surface area contributed by atoms with Crippen LogP contribution in [0.25, 0.3) is 0 Å². The van der Waals surface area contributed by atoms with Crippen molar-refractivity contribution in [3.8, 4) is 12.1 Å². The van der Waals surface area contributed by atoms with Crippen LogP contribution in [0.3, 0.4) is 0 Å². The Bertz CT molecular complexity index is 660. The van der Waals surface area contributed by atoms with E-state index in [1.807, 2.05) is 31.2 Å². The lowest BCUT2D eigenvalue weighted by Crippen LogP contribution is -1.96. The van der Waals surface area contributed by atoms with Crippen molar-refractivity contribution in [2.24, 2.45) is 0 Å². The number of nitrogens with one attached hydrogen (secondary N) is 1. The molecule has 2 aromatic carbocycles. The molecule has 0 heterocycles. The zero-order chi connectivity index (χ0) is 13.0. The number of hydrogen-bond donors (Lipinski definition) is 1. The number of hydrogen-bond acceptors (Lipinski definition) is 3. The summed E-state index contributed by atoms with van der Waals surface area (Å²) in [5, 5.41) is 21.1. The van der Waals surface area contributed by atoms with Gasteiger partial charge in [0.2, 0.25) is 0 Å². The van der Waals surface area contributed by atoms with E-state index in [9.17, 15) is 0 Å². The minimum absolute atomic E-state index is 0.590. The molecule has 0 atom stereocenters. The minimum Gasteiger partial charge on any atom is -0.354 e. The van der Waals surface area contributed by atoms with Crippen molar-refractivity contribution in [2.45, 2.75) is 6.92 Å². The van der Waals surface area contributed by atoms with Crippen LogP contribution in [0.15, 0.2) is 42.5 Å². The molecule has 3 heteroatoms. The van der Waals surface area contributed by atoms with Gasteiger partial charge in [-0.2, -0.15) is 10.5 Å². The summed E-state index contributed by atoms with van der Waals surface area (Å²) in [7, 11) is 0. The summed E-state index contributed by atoms with van der Waals surface area (Å²) in [6, 6.07) is 17.0. The summed E-state index contributed by atoms with van der Waals surface area (Å²) in [5.74, 6) is 0. The van der Waals surface area contributed by atoms with Gasteiger partial charge in [0, 0.05) is 5.69 Å². The van der Waals surface area contributed by atoms with Gasteiger partial charge in [-0.15, -0.1) is 0 Å². The monoisotopic (exact) mass is 233 g/mol. The Hall–Kier alpha value is -2.78. The molecule has 0 saturated carbocycles. The molecule has 0 aliphatic rings. The van der Waals surface area contributed by atoms with Gasteiger partial charge < -0.3 is 5.32 Å². The fourth-order valence-corrected chi connectivity index (χ4v) is 1.74. The third-order valence-corrected chi connectivity index (χ3v) is 2.65. The van der Waals surface area contributed by atoms with E-state index in [2.05, 4.69) is 17.5 Å². The number of anilines is 2. The fraction of sp³-hybridized carbons (Fsp3) is 0.0667. The number of para-hydroxylation sites is 1. The summed E-state index contributed by atoms with van der Waals surface area (Å²) in [4.78, 5) is 0. The van der Waals surface area contributed by atoms with Gasteiger partial charge in [0.25, 0.3) is 0 Å². The van der Waals surface area contributed by atoms with Crippen LogP contribution in [-0.4, -0.2) is 0 Å². The molecule has 3 nitrogen and oxygen atoms in total. The third-order valence-electron chi connectivity index (χ3n) is 2.65. The molecular weight excluding hydrogens is 222 g/mol. The molecule has 18 heavy (non-hydrogen) atoms. The highest BCUT2D eigenvalue weighted by atomic mass is 14.9. The number of benzene rings is 2. The SMILES string of the molecule is Cc1cccc(C#N)c1Nc1cccc(C#N)c1. The smallest absolute Gasteiger partial charge is 0.101 e. The van der Waals surface area contributed by atoms with Gasteiger partial charge in [-0.05, 0) is 36.8 Å². The van der Waals surface area contributed by atoms with Crippen molar-refractivity contribution >= 4 is 11.4 Å². The van der Waals surface area contributed by atoms with Crippen molar-refractivity contribution in [2.75, 3.05) is 5.32 Å². The molecule has 0 saturated heterocycles. The standard InChI is InChI=1S/C15H11N3/c1-11-4-2-6-13(10-17)15(11)18-14-7-3-5-12(8-14)9-16/h2-8,18H,1H3. The Labute approximate surface area is 106 Å². The van der Waals surface area contributed by atoms with Crippen molar-refractivity contribution in [3.05, 3.63) is 59.2 Å². The molecule has 0 spiro atoms. The van der Waals surface area contributed by atoms with Crippen molar-refractivity contribution in [1.29, 1.82) is 10.5 Å². The first-order chi connectivity index (χ1) is 8.74. The highest BCUT2D eigenvalue weighted by molar-refractivity contribution is 5.70. The van der Waals surface area contributed by atoms with Crippen molar-refractivity contribution in [1.82, 2.24) is 0 Å². The number of rotatable bonds is 2. The lowest BCUT2D eigenvalue weighted by molar-refractivity contribution is 1.39. The fourth-order valence-electron chi connectivity index (χ4n) is 1.74. The summed E-state index contributed by atoms with van der Waals surface area (Å²) in [5.41, 5.74) is 3.77. The molecule has 0 amide bonds. The third kappa shape index (κ3) is 2.31. The van der Waals surface area contributed by atoms with E-state index in [4.69, 9.17) is 10.5 Å². The average Bonchev–Trinajstić information content (AvgIpc) is 2.41. The van der Waals surface area contributed by atoms with E-state index < -0.39 is 0 Å². The van der Waals surface area contributed by atoms with E-state index in [0.717, 1.165) is 16.9 Å². The molecule has 2 rings (SSSR count). The quantitative estimate of drug-likeness (QED) is 0.863. The number of aryl methyl sites for hydroxylation is 1. The Morgan fingerprint density at radius 2 is 1.78 bits per heavy atom. The number of nitrogens with zero attached hydrogens (tertiary/aromatic N) is 2. The van der Waals surface area contributed by atoms with Gasteiger partial charge in [0.15, 0.2) is 0 Å². The van der Waals surface area contributed by atoms with Crippen LogP contribution < -0.4 is 5.32 Å². The Morgan fingerprint density at radius 1 is 1.00 bits per heavy atom. The van der Waals surface area contributed by atoms with E-state index in [1.165, 1.54) is 0 Å². The lowest BCUT2D eigenvalue weighted by atomic mass is 10.1. The predicted molar refractivity (Wildman–Crippen MR) is 70.3 cm³/mol. The first-order valence-corrected chi connectivity index (χ1v) is 5.51. The Balaban J connectivity index is 2.41. The first-order valence-electron chi connectivity index (χ1n) is 5.51. The summed E-state index contributed by atoms with van der Waals surface area (Å²) >= 11 is 0. The molecule has 0 radical (unpaired) electrons. The molecule has 0 aliphatic carbocycles. The van der Waals surface area contributed by atoms with Gasteiger partial charge in [-0.1, -0.05) is 18.2 Å². The van der Waals surface area contributed by atoms with E-state index in [0.29, 0.717) is 11.1 Å². The molecule has 86 valence electrons. The molecule has 2 aromatic rings. The Morgan fingerprint density at radius 3 is 2.50 bits per heavy atom. The van der Waals surface area contributed by atoms with Crippen LogP contribution in [0.5, 0.6) is 0 Å². The van der Waals surface area contributed by atoms with Crippen LogP contribution in [0, 0.1) is 29.6 Å². The molecule has 0 bridgehead atoms. The lowest BCUT2D eigenvalue weighted by Gasteiger charge is -2.11. The zero-order valence-electron chi connectivity index (χ0n) is 9.94. The second kappa shape index (κ2) is 5.03. The second-order valence-electron chi connectivity index (χ2n) is 3.93. The number of nitriles is 2. The minimum atomic E-state index is 0.590. The van der Waals surface area contributed by atoms with Gasteiger partial charge in [0.1, 0.15) is 6.07 Å². The molecule has 1 N–H and O–H groups in total. The normalized spacial score (nSPS) is 9.28. The van der Waals surface area contributed by atoms with E-state index in [1.54, 1.807) is 18.2 Å². The van der Waals surface area contributed by atoms with Gasteiger partial charge in [0.05, 0.1) is 22.9 Å². The maximum atomic E-state index is 9.08. The second-order valence-corrected chi connectivity index (χ2v) is 3.93. The van der Waals surface area contributed by atoms with Gasteiger partial charge >= 0.3 is 0 Å². The van der Waals surface area contributed by atoms with E-state index in [-0.39, 0.29) is 0 Å². The maximum Gasteiger partial charge on any atom is 0.101 e. The first kappa shape index (κ1) is 11.7. The average molecular weight is 233 g/mol. The van der Waals surface area contributed by atoms with Crippen molar-refractivity contribution in [3.63, 3.8) is 0 Å². The van der Waals surface area contributed by atoms with Gasteiger partial charge in [-0.3, -0.25) is 0 Å². The molecule has 0 aliphatic heterocycles. The van der Waals surface area contributed by atoms with Crippen LogP contribution in [-0.2, 0) is 0 Å². The largest absolute Gasteiger partial charge is 0.354 e. The molecule has 0 fully saturated rings. The van der Waals surface area contributed by atoms with Crippen LogP contribution in [0.1, 0.15) is 16.7 Å². The van der Waals surface area contributed by atoms with Crippen LogP contribution >= 0.6 is 0 Å². The highest BCUT2D eigenvalue weighted by Crippen LogP contribution is 2.24. The highest BCUT2D eigenvalue weighted by Gasteiger charge is 2.05.